The molecule has 0 spiro atoms. The highest BCUT2D eigenvalue weighted by Crippen LogP contribution is 2.42. The monoisotopic (exact) mass is 473 g/mol. The average Bonchev–Trinajstić information content (AvgIpc) is 3.45. The van der Waals surface area contributed by atoms with Crippen LogP contribution in [0.2, 0.25) is 0 Å². The van der Waals surface area contributed by atoms with Crippen LogP contribution >= 0.6 is 11.3 Å². The predicted octanol–water partition coefficient (Wildman–Crippen LogP) is 4.86. The van der Waals surface area contributed by atoms with Crippen molar-refractivity contribution in [3.63, 3.8) is 0 Å². The zero-order chi connectivity index (χ0) is 24.0. The van der Waals surface area contributed by atoms with E-state index in [0.29, 0.717) is 34.2 Å². The summed E-state index contributed by atoms with van der Waals surface area (Å²) in [5, 5.41) is 16.1. The van der Waals surface area contributed by atoms with Crippen molar-refractivity contribution in [2.24, 2.45) is 7.05 Å². The Morgan fingerprint density at radius 1 is 1.06 bits per heavy atom. The molecule has 0 fully saturated rings. The number of fused-ring (bicyclic) bond motifs is 1. The van der Waals surface area contributed by atoms with Gasteiger partial charge in [-0.25, -0.2) is 9.97 Å². The molecule has 0 atom stereocenters. The molecule has 1 aromatic carbocycles. The van der Waals surface area contributed by atoms with E-state index in [0.717, 1.165) is 37.8 Å². The lowest BCUT2D eigenvalue weighted by Gasteiger charge is -2.17. The third kappa shape index (κ3) is 3.71. The lowest BCUT2D eigenvalue weighted by Crippen LogP contribution is -2.02. The van der Waals surface area contributed by atoms with Crippen LogP contribution in [0.3, 0.4) is 0 Å². The number of methoxy groups -OCH3 is 1. The molecular formula is C24H23N7O2S. The molecule has 0 unspecified atom stereocenters. The zero-order valence-electron chi connectivity index (χ0n) is 19.4. The van der Waals surface area contributed by atoms with Gasteiger partial charge < -0.3 is 15.2 Å². The highest BCUT2D eigenvalue weighted by molar-refractivity contribution is 7.14. The molecule has 0 saturated carbocycles. The largest absolute Gasteiger partial charge is 0.496 e. The van der Waals surface area contributed by atoms with E-state index in [1.807, 2.05) is 58.3 Å². The third-order valence-electron chi connectivity index (χ3n) is 5.57. The summed E-state index contributed by atoms with van der Waals surface area (Å²) in [4.78, 5) is 9.26. The minimum atomic E-state index is 0.313. The fourth-order valence-corrected chi connectivity index (χ4v) is 4.58. The summed E-state index contributed by atoms with van der Waals surface area (Å²) in [6.07, 6.45) is 3.58. The number of hydrogen-bond donors (Lipinski definition) is 1. The van der Waals surface area contributed by atoms with Gasteiger partial charge in [0.05, 0.1) is 18.2 Å². The quantitative estimate of drug-likeness (QED) is 0.385. The Kier molecular flexibility index (Phi) is 5.37. The van der Waals surface area contributed by atoms with E-state index in [1.165, 1.54) is 11.3 Å². The Labute approximate surface area is 200 Å². The van der Waals surface area contributed by atoms with Crippen LogP contribution < -0.4 is 15.2 Å². The Bertz CT molecular complexity index is 1540. The number of aromatic nitrogens is 6. The van der Waals surface area contributed by atoms with Crippen molar-refractivity contribution in [1.29, 1.82) is 0 Å². The van der Waals surface area contributed by atoms with Crippen LogP contribution in [0.5, 0.6) is 17.4 Å². The van der Waals surface area contributed by atoms with Crippen molar-refractivity contribution in [2.45, 2.75) is 20.8 Å². The lowest BCUT2D eigenvalue weighted by molar-refractivity contribution is 0.402. The second kappa shape index (κ2) is 8.38. The van der Waals surface area contributed by atoms with Crippen molar-refractivity contribution in [1.82, 2.24) is 29.9 Å². The van der Waals surface area contributed by atoms with Crippen LogP contribution in [-0.4, -0.2) is 37.1 Å². The molecule has 0 amide bonds. The number of ether oxygens (including phenoxy) is 2. The van der Waals surface area contributed by atoms with E-state index in [4.69, 9.17) is 20.2 Å². The number of nitrogens with two attached hydrogens (primary N) is 1. The summed E-state index contributed by atoms with van der Waals surface area (Å²) in [7, 11) is 3.50. The molecule has 4 aromatic heterocycles. The Morgan fingerprint density at radius 2 is 1.88 bits per heavy atom. The minimum absolute atomic E-state index is 0.313. The predicted molar refractivity (Wildman–Crippen MR) is 132 cm³/mol. The van der Waals surface area contributed by atoms with Crippen LogP contribution in [-0.2, 0) is 7.05 Å². The van der Waals surface area contributed by atoms with Gasteiger partial charge in [-0.05, 0) is 44.5 Å². The van der Waals surface area contributed by atoms with Gasteiger partial charge in [0.2, 0.25) is 5.88 Å². The molecule has 0 radical (unpaired) electrons. The maximum Gasteiger partial charge on any atom is 0.231 e. The first kappa shape index (κ1) is 21.8. The maximum absolute atomic E-state index is 6.46. The van der Waals surface area contributed by atoms with E-state index >= 15 is 0 Å². The molecule has 34 heavy (non-hydrogen) atoms. The number of pyridine rings is 2. The summed E-state index contributed by atoms with van der Waals surface area (Å²) in [5.41, 5.74) is 10.3. The second-order valence-corrected chi connectivity index (χ2v) is 9.12. The molecule has 5 rings (SSSR count). The molecular weight excluding hydrogens is 450 g/mol. The van der Waals surface area contributed by atoms with E-state index in [1.54, 1.807) is 18.0 Å². The SMILES string of the molecule is COc1ccc(C)c(Oc2nc(-c3ccn(C)n3)cc3c(-c4nnc(C)s4)cnc(N)c23)c1C. The van der Waals surface area contributed by atoms with Crippen LogP contribution in [0.15, 0.2) is 36.7 Å². The van der Waals surface area contributed by atoms with Crippen LogP contribution in [0.25, 0.3) is 32.7 Å². The molecule has 0 bridgehead atoms. The van der Waals surface area contributed by atoms with Gasteiger partial charge in [-0.2, -0.15) is 5.10 Å². The highest BCUT2D eigenvalue weighted by atomic mass is 32.1. The van der Waals surface area contributed by atoms with Crippen molar-refractivity contribution in [3.8, 4) is 39.3 Å². The van der Waals surface area contributed by atoms with Gasteiger partial charge >= 0.3 is 0 Å². The molecule has 10 heteroatoms. The molecule has 0 saturated heterocycles. The number of anilines is 1. The molecule has 4 heterocycles. The van der Waals surface area contributed by atoms with Gasteiger partial charge in [0.25, 0.3) is 0 Å². The van der Waals surface area contributed by atoms with Gasteiger partial charge in [0, 0.05) is 36.0 Å². The maximum atomic E-state index is 6.46. The number of nitrogens with zero attached hydrogens (tertiary/aromatic N) is 6. The fraction of sp³-hybridized carbons (Fsp3) is 0.208. The number of rotatable bonds is 5. The second-order valence-electron chi connectivity index (χ2n) is 7.93. The molecule has 2 N–H and O–H groups in total. The van der Waals surface area contributed by atoms with Gasteiger partial charge in [0.15, 0.2) is 0 Å². The Morgan fingerprint density at radius 3 is 2.56 bits per heavy atom. The topological polar surface area (TPSA) is 114 Å². The standard InChI is InChI=1S/C24H23N7O2S/c1-12-6-7-19(32-5)13(2)21(12)33-23-20-15(10-18(27-23)17-8-9-31(4)30-17)16(11-26-22(20)25)24-29-28-14(3)34-24/h6-11H,1-5H3,(H2,25,26). The van der Waals surface area contributed by atoms with E-state index in [2.05, 4.69) is 20.3 Å². The molecule has 172 valence electrons. The zero-order valence-corrected chi connectivity index (χ0v) is 20.3. The molecule has 0 aliphatic carbocycles. The van der Waals surface area contributed by atoms with E-state index in [-0.39, 0.29) is 0 Å². The summed E-state index contributed by atoms with van der Waals surface area (Å²) in [6, 6.07) is 7.71. The average molecular weight is 474 g/mol. The molecule has 9 nitrogen and oxygen atoms in total. The third-order valence-corrected chi connectivity index (χ3v) is 6.44. The van der Waals surface area contributed by atoms with Gasteiger partial charge in [-0.1, -0.05) is 17.4 Å². The van der Waals surface area contributed by atoms with Crippen molar-refractivity contribution >= 4 is 27.9 Å². The summed E-state index contributed by atoms with van der Waals surface area (Å²) >= 11 is 1.49. The minimum Gasteiger partial charge on any atom is -0.496 e. The van der Waals surface area contributed by atoms with E-state index in [9.17, 15) is 0 Å². The fourth-order valence-electron chi connectivity index (χ4n) is 3.87. The summed E-state index contributed by atoms with van der Waals surface area (Å²) in [6.45, 7) is 5.84. The number of nitrogen functional groups attached to an aromatic ring is 1. The Hall–Kier alpha value is -4.05. The van der Waals surface area contributed by atoms with Crippen LogP contribution in [0, 0.1) is 20.8 Å². The highest BCUT2D eigenvalue weighted by Gasteiger charge is 2.21. The van der Waals surface area contributed by atoms with Gasteiger partial charge in [-0.15, -0.1) is 10.2 Å². The number of aryl methyl sites for hydroxylation is 3. The number of benzene rings is 1. The first-order valence-electron chi connectivity index (χ1n) is 10.6. The van der Waals surface area contributed by atoms with Gasteiger partial charge in [-0.3, -0.25) is 4.68 Å². The normalized spacial score (nSPS) is 11.2. The van der Waals surface area contributed by atoms with Crippen molar-refractivity contribution < 1.29 is 9.47 Å². The first-order valence-corrected chi connectivity index (χ1v) is 11.4. The molecule has 5 aromatic rings. The van der Waals surface area contributed by atoms with E-state index < -0.39 is 0 Å². The molecule has 0 aliphatic rings. The summed E-state index contributed by atoms with van der Waals surface area (Å²) in [5.74, 6) is 2.03. The number of hydrogen-bond acceptors (Lipinski definition) is 9. The van der Waals surface area contributed by atoms with Gasteiger partial charge in [0.1, 0.15) is 33.0 Å². The van der Waals surface area contributed by atoms with Crippen molar-refractivity contribution in [2.75, 3.05) is 12.8 Å². The van der Waals surface area contributed by atoms with Crippen LogP contribution in [0.1, 0.15) is 16.1 Å². The molecule has 0 aliphatic heterocycles. The summed E-state index contributed by atoms with van der Waals surface area (Å²) < 4.78 is 13.7. The van der Waals surface area contributed by atoms with Crippen LogP contribution in [0.4, 0.5) is 5.82 Å². The van der Waals surface area contributed by atoms with Crippen molar-refractivity contribution in [3.05, 3.63) is 52.8 Å². The lowest BCUT2D eigenvalue weighted by atomic mass is 10.1. The smallest absolute Gasteiger partial charge is 0.231 e. The Balaban J connectivity index is 1.80. The first-order chi connectivity index (χ1) is 16.4.